The quantitative estimate of drug-likeness (QED) is 0.747. The van der Waals surface area contributed by atoms with Gasteiger partial charge in [-0.25, -0.2) is 4.98 Å². The summed E-state index contributed by atoms with van der Waals surface area (Å²) in [5, 5.41) is 10.5. The molecule has 0 aliphatic carbocycles. The lowest BCUT2D eigenvalue weighted by molar-refractivity contribution is -0.121. The summed E-state index contributed by atoms with van der Waals surface area (Å²) in [5.41, 5.74) is 1.65. The Morgan fingerprint density at radius 1 is 1.25 bits per heavy atom. The van der Waals surface area contributed by atoms with Crippen LogP contribution in [-0.4, -0.2) is 26.1 Å². The molecule has 0 aliphatic heterocycles. The Morgan fingerprint density at radius 3 is 2.75 bits per heavy atom. The van der Waals surface area contributed by atoms with Crippen LogP contribution in [0, 0.1) is 0 Å². The third-order valence-electron chi connectivity index (χ3n) is 3.54. The van der Waals surface area contributed by atoms with Crippen molar-refractivity contribution >= 4 is 17.5 Å². The molecule has 0 bridgehead atoms. The summed E-state index contributed by atoms with van der Waals surface area (Å²) >= 11 is 6.08. The monoisotopic (exact) mass is 341 g/mol. The van der Waals surface area contributed by atoms with Gasteiger partial charge in [-0.1, -0.05) is 29.8 Å². The van der Waals surface area contributed by atoms with E-state index in [2.05, 4.69) is 25.5 Å². The fourth-order valence-corrected chi connectivity index (χ4v) is 2.48. The van der Waals surface area contributed by atoms with Crippen molar-refractivity contribution in [3.05, 3.63) is 65.2 Å². The molecule has 1 aromatic carbocycles. The summed E-state index contributed by atoms with van der Waals surface area (Å²) < 4.78 is 0. The number of nitrogens with zero attached hydrogens (tertiary/aromatic N) is 3. The van der Waals surface area contributed by atoms with E-state index in [0.29, 0.717) is 16.7 Å². The Hall–Kier alpha value is -2.73. The van der Waals surface area contributed by atoms with Crippen LogP contribution in [0.1, 0.15) is 24.4 Å². The number of rotatable bonds is 5. The zero-order chi connectivity index (χ0) is 16.9. The number of nitrogens with one attached hydrogen (secondary N) is 2. The predicted octanol–water partition coefficient (Wildman–Crippen LogP) is 2.94. The maximum absolute atomic E-state index is 12.2. The van der Waals surface area contributed by atoms with Crippen molar-refractivity contribution in [1.82, 2.24) is 25.5 Å². The number of amides is 1. The summed E-state index contributed by atoms with van der Waals surface area (Å²) in [6, 6.07) is 10.7. The number of carbonyl (C=O) groups is 1. The minimum absolute atomic E-state index is 0.127. The number of aromatic nitrogens is 4. The molecule has 7 heteroatoms. The van der Waals surface area contributed by atoms with Crippen LogP contribution in [0.15, 0.2) is 48.8 Å². The molecule has 0 radical (unpaired) electrons. The van der Waals surface area contributed by atoms with Gasteiger partial charge in [-0.15, -0.1) is 0 Å². The van der Waals surface area contributed by atoms with E-state index in [9.17, 15) is 4.79 Å². The molecule has 3 aromatic rings. The summed E-state index contributed by atoms with van der Waals surface area (Å²) in [7, 11) is 0. The van der Waals surface area contributed by atoms with Crippen molar-refractivity contribution in [1.29, 1.82) is 0 Å². The maximum atomic E-state index is 12.2. The van der Waals surface area contributed by atoms with Crippen molar-refractivity contribution in [3.63, 3.8) is 0 Å². The van der Waals surface area contributed by atoms with Crippen LogP contribution in [0.5, 0.6) is 0 Å². The van der Waals surface area contributed by atoms with E-state index in [-0.39, 0.29) is 18.4 Å². The number of carbonyl (C=O) groups excluding carboxylic acids is 1. The van der Waals surface area contributed by atoms with Gasteiger partial charge >= 0.3 is 0 Å². The van der Waals surface area contributed by atoms with E-state index < -0.39 is 0 Å². The van der Waals surface area contributed by atoms with Gasteiger partial charge in [0, 0.05) is 23.0 Å². The summed E-state index contributed by atoms with van der Waals surface area (Å²) in [6.07, 6.45) is 3.58. The average molecular weight is 342 g/mol. The van der Waals surface area contributed by atoms with E-state index >= 15 is 0 Å². The van der Waals surface area contributed by atoms with Gasteiger partial charge in [-0.05, 0) is 30.7 Å². The van der Waals surface area contributed by atoms with Gasteiger partial charge in [0.1, 0.15) is 5.82 Å². The SMILES string of the molecule is C[C@H](NC(=O)Cc1ccccc1Cl)c1nc(-c2ccncc2)n[nH]1. The van der Waals surface area contributed by atoms with Gasteiger partial charge < -0.3 is 5.32 Å². The van der Waals surface area contributed by atoms with Gasteiger partial charge in [0.25, 0.3) is 0 Å². The minimum Gasteiger partial charge on any atom is -0.346 e. The first-order chi connectivity index (χ1) is 11.6. The molecule has 2 N–H and O–H groups in total. The second-order valence-electron chi connectivity index (χ2n) is 5.34. The number of hydrogen-bond donors (Lipinski definition) is 2. The summed E-state index contributed by atoms with van der Waals surface area (Å²) in [5.74, 6) is 1.03. The van der Waals surface area contributed by atoms with Crippen LogP contribution in [0.4, 0.5) is 0 Å². The second kappa shape index (κ2) is 7.23. The normalized spacial score (nSPS) is 11.9. The predicted molar refractivity (Wildman–Crippen MR) is 91.3 cm³/mol. The Balaban J connectivity index is 1.65. The lowest BCUT2D eigenvalue weighted by Gasteiger charge is -2.11. The van der Waals surface area contributed by atoms with Gasteiger partial charge in [0.15, 0.2) is 5.82 Å². The zero-order valence-corrected chi connectivity index (χ0v) is 13.8. The fraction of sp³-hybridized carbons (Fsp3) is 0.176. The van der Waals surface area contributed by atoms with Gasteiger partial charge in [0.2, 0.25) is 5.91 Å². The smallest absolute Gasteiger partial charge is 0.225 e. The Kier molecular flexibility index (Phi) is 4.86. The van der Waals surface area contributed by atoms with Gasteiger partial charge in [-0.2, -0.15) is 5.10 Å². The molecule has 3 rings (SSSR count). The van der Waals surface area contributed by atoms with Crippen molar-refractivity contribution < 1.29 is 4.79 Å². The number of benzene rings is 1. The van der Waals surface area contributed by atoms with Crippen LogP contribution < -0.4 is 5.32 Å². The lowest BCUT2D eigenvalue weighted by Crippen LogP contribution is -2.28. The van der Waals surface area contributed by atoms with Crippen LogP contribution in [0.3, 0.4) is 0 Å². The molecular weight excluding hydrogens is 326 g/mol. The maximum Gasteiger partial charge on any atom is 0.225 e. The Bertz CT molecular complexity index is 834. The third kappa shape index (κ3) is 3.78. The molecule has 1 amide bonds. The highest BCUT2D eigenvalue weighted by Crippen LogP contribution is 2.17. The van der Waals surface area contributed by atoms with E-state index in [0.717, 1.165) is 11.1 Å². The van der Waals surface area contributed by atoms with E-state index in [1.165, 1.54) is 0 Å². The number of pyridine rings is 1. The first kappa shape index (κ1) is 16.1. The van der Waals surface area contributed by atoms with E-state index in [1.54, 1.807) is 18.5 Å². The van der Waals surface area contributed by atoms with Crippen LogP contribution in [0.25, 0.3) is 11.4 Å². The van der Waals surface area contributed by atoms with E-state index in [4.69, 9.17) is 11.6 Å². The van der Waals surface area contributed by atoms with Crippen molar-refractivity contribution in [2.75, 3.05) is 0 Å². The molecule has 0 aliphatic rings. The largest absolute Gasteiger partial charge is 0.346 e. The molecule has 2 heterocycles. The van der Waals surface area contributed by atoms with Gasteiger partial charge in [0.05, 0.1) is 12.5 Å². The Morgan fingerprint density at radius 2 is 2.00 bits per heavy atom. The van der Waals surface area contributed by atoms with Crippen LogP contribution >= 0.6 is 11.6 Å². The van der Waals surface area contributed by atoms with Crippen molar-refractivity contribution in [2.45, 2.75) is 19.4 Å². The lowest BCUT2D eigenvalue weighted by atomic mass is 10.1. The topological polar surface area (TPSA) is 83.6 Å². The molecule has 122 valence electrons. The standard InChI is InChI=1S/C17H16ClN5O/c1-11(20-15(24)10-13-4-2-3-5-14(13)18)16-21-17(23-22-16)12-6-8-19-9-7-12/h2-9,11H,10H2,1H3,(H,20,24)(H,21,22,23)/t11-/m0/s1. The Labute approximate surface area is 144 Å². The molecular formula is C17H16ClN5O. The average Bonchev–Trinajstić information content (AvgIpc) is 3.08. The second-order valence-corrected chi connectivity index (χ2v) is 5.74. The summed E-state index contributed by atoms with van der Waals surface area (Å²) in [6.45, 7) is 1.85. The number of aromatic amines is 1. The van der Waals surface area contributed by atoms with Crippen molar-refractivity contribution in [2.24, 2.45) is 0 Å². The highest BCUT2D eigenvalue weighted by atomic mass is 35.5. The zero-order valence-electron chi connectivity index (χ0n) is 13.0. The van der Waals surface area contributed by atoms with E-state index in [1.807, 2.05) is 37.3 Å². The fourth-order valence-electron chi connectivity index (χ4n) is 2.27. The summed E-state index contributed by atoms with van der Waals surface area (Å²) in [4.78, 5) is 20.6. The van der Waals surface area contributed by atoms with Gasteiger partial charge in [-0.3, -0.25) is 14.9 Å². The first-order valence-corrected chi connectivity index (χ1v) is 7.87. The number of H-pyrrole nitrogens is 1. The molecule has 1 atom stereocenters. The minimum atomic E-state index is -0.289. The first-order valence-electron chi connectivity index (χ1n) is 7.49. The molecule has 6 nitrogen and oxygen atoms in total. The number of halogens is 1. The molecule has 24 heavy (non-hydrogen) atoms. The molecule has 0 fully saturated rings. The van der Waals surface area contributed by atoms with Crippen LogP contribution in [-0.2, 0) is 11.2 Å². The molecule has 0 saturated carbocycles. The highest BCUT2D eigenvalue weighted by Gasteiger charge is 2.15. The molecule has 0 unspecified atom stereocenters. The molecule has 0 spiro atoms. The third-order valence-corrected chi connectivity index (χ3v) is 3.91. The molecule has 2 aromatic heterocycles. The molecule has 0 saturated heterocycles. The van der Waals surface area contributed by atoms with Crippen LogP contribution in [0.2, 0.25) is 5.02 Å². The highest BCUT2D eigenvalue weighted by molar-refractivity contribution is 6.31. The number of hydrogen-bond acceptors (Lipinski definition) is 4. The van der Waals surface area contributed by atoms with Crippen molar-refractivity contribution in [3.8, 4) is 11.4 Å².